The van der Waals surface area contributed by atoms with E-state index >= 15 is 0 Å². The molecule has 0 bridgehead atoms. The highest BCUT2D eigenvalue weighted by Gasteiger charge is 2.29. The van der Waals surface area contributed by atoms with Gasteiger partial charge >= 0.3 is 0 Å². The number of halogens is 4. The summed E-state index contributed by atoms with van der Waals surface area (Å²) in [6.45, 7) is 12.1. The van der Waals surface area contributed by atoms with E-state index in [9.17, 15) is 9.00 Å². The maximum Gasteiger partial charge on any atom is 0.254 e. The molecule has 0 unspecified atom stereocenters. The van der Waals surface area contributed by atoms with Gasteiger partial charge in [0.2, 0.25) is 0 Å². The standard InChI is InChI=1S/C38H48Cl2N2O2S.I2/c1-24-11-13-32(36(21-24)45(6)44)28-15-18-42(19-16-28)20-17-30(29-12-14-34(39)35(40)22-29)23-41(5)38(43)37-27(4)25(2)26(3)31-9-7-8-10-33(31)37;1-2/h11-14,21-22,28,30H,7-10,15-20,23H2,1-6H3;/t30-,45+;/m1./s1. The number of likely N-dealkylation sites (N-methyl/N-ethyl adjacent to an activating group) is 1. The Kier molecular flexibility index (Phi) is 14.9. The highest BCUT2D eigenvalue weighted by molar-refractivity contribution is 15.0. The summed E-state index contributed by atoms with van der Waals surface area (Å²) in [5.41, 5.74) is 10.9. The van der Waals surface area contributed by atoms with Gasteiger partial charge in [-0.15, -0.1) is 0 Å². The molecule has 1 aliphatic carbocycles. The van der Waals surface area contributed by atoms with Gasteiger partial charge in [-0.2, -0.15) is 0 Å². The van der Waals surface area contributed by atoms with Gasteiger partial charge in [-0.1, -0.05) is 41.4 Å². The van der Waals surface area contributed by atoms with Crippen LogP contribution in [0.1, 0.15) is 98.8 Å². The number of aryl methyl sites for hydroxylation is 1. The number of carbonyl (C=O) groups excluding carboxylic acids is 1. The van der Waals surface area contributed by atoms with Crippen LogP contribution in [0.15, 0.2) is 41.3 Å². The lowest BCUT2D eigenvalue weighted by molar-refractivity contribution is 0.0779. The smallest absolute Gasteiger partial charge is 0.254 e. The van der Waals surface area contributed by atoms with E-state index in [1.54, 1.807) is 6.26 Å². The Morgan fingerprint density at radius 1 is 0.936 bits per heavy atom. The van der Waals surface area contributed by atoms with Crippen LogP contribution < -0.4 is 0 Å². The molecule has 1 fully saturated rings. The maximum atomic E-state index is 14.2. The van der Waals surface area contributed by atoms with Gasteiger partial charge in [-0.25, -0.2) is 0 Å². The van der Waals surface area contributed by atoms with Gasteiger partial charge in [-0.3, -0.25) is 9.00 Å². The summed E-state index contributed by atoms with van der Waals surface area (Å²) >= 11 is 17.1. The first kappa shape index (κ1) is 39.1. The van der Waals surface area contributed by atoms with Crippen LogP contribution in [-0.4, -0.2) is 59.4 Å². The number of carbonyl (C=O) groups is 1. The fourth-order valence-electron chi connectivity index (χ4n) is 7.57. The van der Waals surface area contributed by atoms with Crippen LogP contribution in [0.25, 0.3) is 0 Å². The summed E-state index contributed by atoms with van der Waals surface area (Å²) in [7, 11) is 0.967. The molecule has 1 heterocycles. The van der Waals surface area contributed by atoms with Crippen molar-refractivity contribution in [1.29, 1.82) is 0 Å². The molecule has 3 aromatic rings. The summed E-state index contributed by atoms with van der Waals surface area (Å²) < 4.78 is 12.5. The van der Waals surface area contributed by atoms with Crippen molar-refractivity contribution < 1.29 is 9.00 Å². The summed E-state index contributed by atoms with van der Waals surface area (Å²) in [4.78, 5) is 19.7. The molecule has 4 nitrogen and oxygen atoms in total. The Bertz CT molecular complexity index is 1610. The van der Waals surface area contributed by atoms with E-state index < -0.39 is 10.8 Å². The highest BCUT2D eigenvalue weighted by atomic mass is 128. The lowest BCUT2D eigenvalue weighted by atomic mass is 9.80. The van der Waals surface area contributed by atoms with Crippen LogP contribution >= 0.6 is 60.4 Å². The molecule has 3 aromatic carbocycles. The van der Waals surface area contributed by atoms with Crippen molar-refractivity contribution in [2.45, 2.75) is 89.4 Å². The predicted octanol–water partition coefficient (Wildman–Crippen LogP) is 10.7. The second kappa shape index (κ2) is 18.0. The molecular weight excluding hydrogens is 873 g/mol. The van der Waals surface area contributed by atoms with Crippen molar-refractivity contribution in [1.82, 2.24) is 9.80 Å². The Hall–Kier alpha value is -0.720. The van der Waals surface area contributed by atoms with Crippen LogP contribution in [0.5, 0.6) is 0 Å². The van der Waals surface area contributed by atoms with Gasteiger partial charge in [0.15, 0.2) is 0 Å². The molecule has 0 aromatic heterocycles. The van der Waals surface area contributed by atoms with Crippen LogP contribution in [0.3, 0.4) is 0 Å². The molecule has 1 amide bonds. The first-order chi connectivity index (χ1) is 22.5. The minimum absolute atomic E-state index is 0.125. The van der Waals surface area contributed by atoms with Gasteiger partial charge < -0.3 is 9.80 Å². The van der Waals surface area contributed by atoms with Crippen molar-refractivity contribution in [3.05, 3.63) is 96.5 Å². The zero-order chi connectivity index (χ0) is 34.4. The van der Waals surface area contributed by atoms with Crippen molar-refractivity contribution in [2.24, 2.45) is 0 Å². The lowest BCUT2D eigenvalue weighted by Crippen LogP contribution is -2.37. The van der Waals surface area contributed by atoms with Gasteiger partial charge in [0.1, 0.15) is 0 Å². The van der Waals surface area contributed by atoms with Crippen LogP contribution in [0.4, 0.5) is 0 Å². The number of benzene rings is 3. The SMILES string of the molecule is Cc1ccc(C2CCN(CC[C@H](CN(C)C(=O)c3c(C)c(C)c(C)c4c3CCCC4)c3ccc(Cl)c(Cl)c3)CC2)c([S@](C)=O)c1.II. The van der Waals surface area contributed by atoms with Crippen LogP contribution in [0.2, 0.25) is 10.0 Å². The number of piperidine rings is 1. The molecule has 1 saturated heterocycles. The van der Waals surface area contributed by atoms with E-state index in [2.05, 4.69) is 94.1 Å². The number of rotatable bonds is 9. The Labute approximate surface area is 318 Å². The molecule has 1 aliphatic heterocycles. The van der Waals surface area contributed by atoms with Crippen LogP contribution in [0, 0.1) is 27.7 Å². The second-order valence-electron chi connectivity index (χ2n) is 13.4. The maximum absolute atomic E-state index is 14.2. The molecule has 5 rings (SSSR count). The van der Waals surface area contributed by atoms with Crippen molar-refractivity contribution in [3.8, 4) is 0 Å². The second-order valence-corrected chi connectivity index (χ2v) is 15.5. The van der Waals surface area contributed by atoms with E-state index in [0.29, 0.717) is 22.5 Å². The molecule has 2 atom stereocenters. The quantitative estimate of drug-likeness (QED) is 0.201. The van der Waals surface area contributed by atoms with Crippen molar-refractivity contribution >= 4 is 77.1 Å². The topological polar surface area (TPSA) is 40.6 Å². The molecule has 0 N–H and O–H groups in total. The van der Waals surface area contributed by atoms with E-state index in [1.807, 2.05) is 24.1 Å². The Morgan fingerprint density at radius 2 is 1.60 bits per heavy atom. The fourth-order valence-corrected chi connectivity index (χ4v) is 8.80. The Balaban J connectivity index is 0.00000245. The monoisotopic (exact) mass is 920 g/mol. The minimum atomic E-state index is -0.991. The molecule has 0 saturated carbocycles. The summed E-state index contributed by atoms with van der Waals surface area (Å²) in [6.07, 6.45) is 9.20. The zero-order valence-electron chi connectivity index (χ0n) is 28.5. The molecular formula is C38H48Cl2I2N2O2S. The molecule has 0 spiro atoms. The van der Waals surface area contributed by atoms with E-state index in [4.69, 9.17) is 23.2 Å². The van der Waals surface area contributed by atoms with Gasteiger partial charge in [0.05, 0.1) is 20.8 Å². The normalized spacial score (nSPS) is 16.6. The summed E-state index contributed by atoms with van der Waals surface area (Å²) in [5, 5.41) is 1.10. The fraction of sp³-hybridized carbons (Fsp3) is 0.500. The molecule has 256 valence electrons. The number of likely N-dealkylation sites (tertiary alicyclic amines) is 1. The Morgan fingerprint density at radius 3 is 2.23 bits per heavy atom. The third kappa shape index (κ3) is 9.34. The number of hydrogen-bond donors (Lipinski definition) is 0. The lowest BCUT2D eigenvalue weighted by Gasteiger charge is -2.34. The van der Waals surface area contributed by atoms with Crippen molar-refractivity contribution in [3.63, 3.8) is 0 Å². The predicted molar refractivity (Wildman–Crippen MR) is 218 cm³/mol. The number of hydrogen-bond acceptors (Lipinski definition) is 3. The largest absolute Gasteiger partial charge is 0.341 e. The van der Waals surface area contributed by atoms with E-state index in [0.717, 1.165) is 85.3 Å². The summed E-state index contributed by atoms with van der Waals surface area (Å²) in [5.74, 6) is 0.685. The number of nitrogens with zero attached hydrogens (tertiary/aromatic N) is 2. The van der Waals surface area contributed by atoms with E-state index in [1.165, 1.54) is 34.2 Å². The number of fused-ring (bicyclic) bond motifs is 1. The zero-order valence-corrected chi connectivity index (χ0v) is 35.2. The first-order valence-corrected chi connectivity index (χ1v) is 25.2. The molecule has 2 aliphatic rings. The third-order valence-electron chi connectivity index (χ3n) is 10.5. The molecule has 0 radical (unpaired) electrons. The highest BCUT2D eigenvalue weighted by Crippen LogP contribution is 2.36. The average molecular weight is 922 g/mol. The van der Waals surface area contributed by atoms with Crippen LogP contribution in [-0.2, 0) is 23.6 Å². The molecule has 47 heavy (non-hydrogen) atoms. The van der Waals surface area contributed by atoms with Gasteiger partial charge in [0.25, 0.3) is 5.91 Å². The molecule has 9 heteroatoms. The third-order valence-corrected chi connectivity index (χ3v) is 12.2. The first-order valence-electron chi connectivity index (χ1n) is 16.6. The van der Waals surface area contributed by atoms with Crippen molar-refractivity contribution in [2.75, 3.05) is 39.5 Å². The van der Waals surface area contributed by atoms with Gasteiger partial charge in [-0.05, 0) is 161 Å². The van der Waals surface area contributed by atoms with Gasteiger partial charge in [0, 0.05) is 73.5 Å². The average Bonchev–Trinajstić information content (AvgIpc) is 3.08. The summed E-state index contributed by atoms with van der Waals surface area (Å²) in [6, 6.07) is 12.3. The van der Waals surface area contributed by atoms with E-state index in [-0.39, 0.29) is 11.8 Å². The minimum Gasteiger partial charge on any atom is -0.341 e. The number of amides is 1.